The number of amides is 3. The summed E-state index contributed by atoms with van der Waals surface area (Å²) < 4.78 is 5.35. The molecule has 1 aliphatic carbocycles. The van der Waals surface area contributed by atoms with Crippen LogP contribution in [0.5, 0.6) is 5.75 Å². The maximum Gasteiger partial charge on any atom is 0.259 e. The van der Waals surface area contributed by atoms with Gasteiger partial charge in [0.2, 0.25) is 11.8 Å². The molecule has 0 aromatic heterocycles. The zero-order valence-electron chi connectivity index (χ0n) is 20.7. The Balaban J connectivity index is 1.41. The number of benzene rings is 3. The van der Waals surface area contributed by atoms with E-state index >= 15 is 0 Å². The molecule has 2 aliphatic rings. The van der Waals surface area contributed by atoms with Crippen molar-refractivity contribution < 1.29 is 19.1 Å². The number of ether oxygens (including phenoxy) is 1. The second-order valence-corrected chi connectivity index (χ2v) is 9.61. The molecule has 36 heavy (non-hydrogen) atoms. The number of nitrogens with zero attached hydrogens (tertiary/aromatic N) is 2. The number of nitrogens with one attached hydrogen (secondary N) is 1. The SMILES string of the molecule is COc1cccc(CN(C(=O)CN2C(=O)c3cccc4cccc2c34)C(C)C(=O)NC2CCCC2)c1. The molecule has 1 aliphatic heterocycles. The lowest BCUT2D eigenvalue weighted by Gasteiger charge is -2.31. The Kier molecular flexibility index (Phi) is 6.63. The minimum atomic E-state index is -0.694. The predicted molar refractivity (Wildman–Crippen MR) is 139 cm³/mol. The third-order valence-electron chi connectivity index (χ3n) is 7.30. The van der Waals surface area contributed by atoms with Crippen LogP contribution in [0.4, 0.5) is 5.69 Å². The summed E-state index contributed by atoms with van der Waals surface area (Å²) in [6.07, 6.45) is 4.14. The van der Waals surface area contributed by atoms with Crippen LogP contribution >= 0.6 is 0 Å². The van der Waals surface area contributed by atoms with E-state index < -0.39 is 6.04 Å². The van der Waals surface area contributed by atoms with Crippen LogP contribution in [0, 0.1) is 0 Å². The van der Waals surface area contributed by atoms with Crippen molar-refractivity contribution in [2.24, 2.45) is 0 Å². The maximum atomic E-state index is 13.8. The summed E-state index contributed by atoms with van der Waals surface area (Å²) in [5.74, 6) is 0.0284. The first-order chi connectivity index (χ1) is 17.5. The van der Waals surface area contributed by atoms with E-state index in [1.54, 1.807) is 25.0 Å². The number of carbonyl (C=O) groups excluding carboxylic acids is 3. The standard InChI is InChI=1S/C29H31N3O4/c1-19(28(34)30-22-11-3-4-12-22)31(17-20-8-5-13-23(16-20)36-2)26(33)18-32-25-15-7-10-21-9-6-14-24(27(21)25)29(32)35/h5-10,13-16,19,22H,3-4,11-12,17-18H2,1-2H3,(H,30,34). The monoisotopic (exact) mass is 485 g/mol. The summed E-state index contributed by atoms with van der Waals surface area (Å²) in [4.78, 5) is 43.3. The Hall–Kier alpha value is -3.87. The molecule has 0 bridgehead atoms. The zero-order chi connectivity index (χ0) is 25.2. The van der Waals surface area contributed by atoms with Crippen LogP contribution in [0.1, 0.15) is 48.5 Å². The summed E-state index contributed by atoms with van der Waals surface area (Å²) in [6, 6.07) is 18.3. The van der Waals surface area contributed by atoms with Crippen molar-refractivity contribution in [2.75, 3.05) is 18.6 Å². The molecule has 3 amide bonds. The van der Waals surface area contributed by atoms with E-state index in [9.17, 15) is 14.4 Å². The predicted octanol–water partition coefficient (Wildman–Crippen LogP) is 4.28. The molecule has 186 valence electrons. The van der Waals surface area contributed by atoms with E-state index in [-0.39, 0.29) is 36.9 Å². The molecule has 3 aromatic carbocycles. The highest BCUT2D eigenvalue weighted by atomic mass is 16.5. The van der Waals surface area contributed by atoms with Crippen LogP contribution in [-0.2, 0) is 16.1 Å². The van der Waals surface area contributed by atoms with Crippen molar-refractivity contribution in [2.45, 2.75) is 51.2 Å². The molecular formula is C29H31N3O4. The number of carbonyl (C=O) groups is 3. The van der Waals surface area contributed by atoms with Gasteiger partial charge >= 0.3 is 0 Å². The Morgan fingerprint density at radius 2 is 1.81 bits per heavy atom. The number of hydrogen-bond donors (Lipinski definition) is 1. The molecule has 3 aromatic rings. The van der Waals surface area contributed by atoms with Gasteiger partial charge in [-0.15, -0.1) is 0 Å². The largest absolute Gasteiger partial charge is 0.497 e. The summed E-state index contributed by atoms with van der Waals surface area (Å²) in [7, 11) is 1.59. The van der Waals surface area contributed by atoms with Crippen molar-refractivity contribution in [3.05, 3.63) is 71.8 Å². The van der Waals surface area contributed by atoms with E-state index in [0.29, 0.717) is 11.3 Å². The minimum Gasteiger partial charge on any atom is -0.497 e. The minimum absolute atomic E-state index is 0.141. The Labute approximate surface area is 211 Å². The van der Waals surface area contributed by atoms with Gasteiger partial charge in [0.1, 0.15) is 18.3 Å². The van der Waals surface area contributed by atoms with E-state index in [4.69, 9.17) is 4.74 Å². The summed E-state index contributed by atoms with van der Waals surface area (Å²) in [5.41, 5.74) is 2.18. The fourth-order valence-electron chi connectivity index (χ4n) is 5.30. The molecule has 0 saturated heterocycles. The van der Waals surface area contributed by atoms with E-state index in [2.05, 4.69) is 5.32 Å². The van der Waals surface area contributed by atoms with Gasteiger partial charge in [0.05, 0.1) is 12.8 Å². The average molecular weight is 486 g/mol. The molecule has 1 heterocycles. The van der Waals surface area contributed by atoms with Crippen molar-refractivity contribution in [1.82, 2.24) is 10.2 Å². The first kappa shape index (κ1) is 23.9. The zero-order valence-corrected chi connectivity index (χ0v) is 20.7. The topological polar surface area (TPSA) is 79.0 Å². The van der Waals surface area contributed by atoms with Gasteiger partial charge in [0.25, 0.3) is 5.91 Å². The second kappa shape index (κ2) is 10.0. The lowest BCUT2D eigenvalue weighted by molar-refractivity contribution is -0.139. The fraction of sp³-hybridized carbons (Fsp3) is 0.345. The van der Waals surface area contributed by atoms with E-state index in [0.717, 1.165) is 47.7 Å². The quantitative estimate of drug-likeness (QED) is 0.517. The third kappa shape index (κ3) is 4.53. The van der Waals surface area contributed by atoms with Gasteiger partial charge in [-0.1, -0.05) is 49.2 Å². The van der Waals surface area contributed by atoms with E-state index in [1.165, 1.54) is 4.90 Å². The van der Waals surface area contributed by atoms with Crippen LogP contribution < -0.4 is 15.0 Å². The molecular weight excluding hydrogens is 454 g/mol. The lowest BCUT2D eigenvalue weighted by atomic mass is 10.1. The lowest BCUT2D eigenvalue weighted by Crippen LogP contribution is -2.52. The summed E-state index contributed by atoms with van der Waals surface area (Å²) in [6.45, 7) is 1.84. The second-order valence-electron chi connectivity index (χ2n) is 9.61. The van der Waals surface area contributed by atoms with Crippen LogP contribution in [0.2, 0.25) is 0 Å². The molecule has 0 spiro atoms. The van der Waals surface area contributed by atoms with Gasteiger partial charge < -0.3 is 15.0 Å². The van der Waals surface area contributed by atoms with Crippen LogP contribution in [0.15, 0.2) is 60.7 Å². The molecule has 1 atom stereocenters. The maximum absolute atomic E-state index is 13.8. The van der Waals surface area contributed by atoms with Crippen molar-refractivity contribution in [3.8, 4) is 5.75 Å². The van der Waals surface area contributed by atoms with Gasteiger partial charge in [0.15, 0.2) is 0 Å². The van der Waals surface area contributed by atoms with Gasteiger partial charge in [0, 0.05) is 23.5 Å². The first-order valence-corrected chi connectivity index (χ1v) is 12.5. The van der Waals surface area contributed by atoms with Crippen LogP contribution in [0.25, 0.3) is 10.8 Å². The highest BCUT2D eigenvalue weighted by molar-refractivity contribution is 6.26. The summed E-state index contributed by atoms with van der Waals surface area (Å²) >= 11 is 0. The van der Waals surface area contributed by atoms with Crippen molar-refractivity contribution in [3.63, 3.8) is 0 Å². The molecule has 5 rings (SSSR count). The van der Waals surface area contributed by atoms with Gasteiger partial charge in [-0.3, -0.25) is 19.3 Å². The average Bonchev–Trinajstić information content (AvgIpc) is 3.50. The molecule has 1 N–H and O–H groups in total. The number of hydrogen-bond acceptors (Lipinski definition) is 4. The third-order valence-corrected chi connectivity index (χ3v) is 7.30. The number of anilines is 1. The molecule has 1 unspecified atom stereocenters. The van der Waals surface area contributed by atoms with Gasteiger partial charge in [-0.25, -0.2) is 0 Å². The molecule has 1 saturated carbocycles. The molecule has 7 heteroatoms. The molecule has 1 fully saturated rings. The smallest absolute Gasteiger partial charge is 0.259 e. The van der Waals surface area contributed by atoms with Crippen molar-refractivity contribution >= 4 is 34.2 Å². The van der Waals surface area contributed by atoms with Crippen molar-refractivity contribution in [1.29, 1.82) is 0 Å². The Bertz CT molecular complexity index is 1310. The normalized spacial score (nSPS) is 15.8. The van der Waals surface area contributed by atoms with Crippen LogP contribution in [-0.4, -0.2) is 48.4 Å². The Morgan fingerprint density at radius 1 is 1.08 bits per heavy atom. The van der Waals surface area contributed by atoms with Crippen LogP contribution in [0.3, 0.4) is 0 Å². The highest BCUT2D eigenvalue weighted by Gasteiger charge is 2.34. The molecule has 7 nitrogen and oxygen atoms in total. The van der Waals surface area contributed by atoms with E-state index in [1.807, 2.05) is 54.6 Å². The summed E-state index contributed by atoms with van der Waals surface area (Å²) in [5, 5.41) is 4.95. The first-order valence-electron chi connectivity index (χ1n) is 12.5. The number of rotatable bonds is 8. The van der Waals surface area contributed by atoms with Gasteiger partial charge in [-0.05, 0) is 55.0 Å². The fourth-order valence-corrected chi connectivity index (χ4v) is 5.30. The Morgan fingerprint density at radius 3 is 2.56 bits per heavy atom. The number of methoxy groups -OCH3 is 1. The molecule has 0 radical (unpaired) electrons. The highest BCUT2D eigenvalue weighted by Crippen LogP contribution is 2.37. The van der Waals surface area contributed by atoms with Gasteiger partial charge in [-0.2, -0.15) is 0 Å².